The lowest BCUT2D eigenvalue weighted by atomic mass is 10.0. The lowest BCUT2D eigenvalue weighted by molar-refractivity contribution is -0.112. The second-order valence-electron chi connectivity index (χ2n) is 5.72. The van der Waals surface area contributed by atoms with Crippen molar-refractivity contribution in [1.29, 1.82) is 0 Å². The molecule has 2 rings (SSSR count). The molecule has 20 heavy (non-hydrogen) atoms. The minimum absolute atomic E-state index is 0.211. The molecule has 0 bridgehead atoms. The minimum atomic E-state index is -0.695. The molecule has 1 aromatic rings. The Morgan fingerprint density at radius 2 is 2.05 bits per heavy atom. The Balaban J connectivity index is 2.34. The first-order chi connectivity index (χ1) is 9.37. The summed E-state index contributed by atoms with van der Waals surface area (Å²) in [6.07, 6.45) is 0.881. The average molecular weight is 275 g/mol. The van der Waals surface area contributed by atoms with Crippen molar-refractivity contribution in [3.63, 3.8) is 0 Å². The van der Waals surface area contributed by atoms with Gasteiger partial charge in [0.15, 0.2) is 0 Å². The number of ether oxygens (including phenoxy) is 1. The molecule has 0 aromatic heterocycles. The van der Waals surface area contributed by atoms with Gasteiger partial charge in [-0.15, -0.1) is 0 Å². The lowest BCUT2D eigenvalue weighted by Crippen LogP contribution is -2.36. The third kappa shape index (κ3) is 2.57. The Kier molecular flexibility index (Phi) is 3.61. The van der Waals surface area contributed by atoms with E-state index in [2.05, 4.69) is 0 Å². The molecule has 1 heterocycles. The number of amides is 1. The second-order valence-corrected chi connectivity index (χ2v) is 5.72. The average Bonchev–Trinajstić information content (AvgIpc) is 2.75. The Hall–Kier alpha value is -2.17. The van der Waals surface area contributed by atoms with E-state index < -0.39 is 17.7 Å². The van der Waals surface area contributed by atoms with Crippen molar-refractivity contribution in [3.05, 3.63) is 34.9 Å². The number of hydrogen-bond donors (Lipinski definition) is 0. The summed E-state index contributed by atoms with van der Waals surface area (Å²) in [4.78, 5) is 35.9. The van der Waals surface area contributed by atoms with Crippen molar-refractivity contribution in [2.24, 2.45) is 0 Å². The Morgan fingerprint density at radius 3 is 2.60 bits per heavy atom. The first-order valence-electron chi connectivity index (χ1n) is 6.39. The van der Waals surface area contributed by atoms with Crippen LogP contribution in [-0.4, -0.2) is 29.2 Å². The lowest BCUT2D eigenvalue weighted by Gasteiger charge is -2.26. The third-order valence-corrected chi connectivity index (χ3v) is 3.12. The van der Waals surface area contributed by atoms with Gasteiger partial charge >= 0.3 is 6.09 Å². The zero-order valence-electron chi connectivity index (χ0n) is 11.8. The van der Waals surface area contributed by atoms with Gasteiger partial charge in [-0.05, 0) is 31.9 Å². The summed E-state index contributed by atoms with van der Waals surface area (Å²) in [6.45, 7) is 5.51. The first-order valence-corrected chi connectivity index (χ1v) is 6.39. The molecule has 1 atom stereocenters. The molecule has 0 aliphatic carbocycles. The van der Waals surface area contributed by atoms with E-state index in [-0.39, 0.29) is 6.54 Å². The summed E-state index contributed by atoms with van der Waals surface area (Å²) in [6, 6.07) is 4.44. The maximum Gasteiger partial charge on any atom is 0.411 e. The highest BCUT2D eigenvalue weighted by Crippen LogP contribution is 2.34. The van der Waals surface area contributed by atoms with E-state index in [0.29, 0.717) is 23.0 Å². The topological polar surface area (TPSA) is 63.7 Å². The number of carbonyl (C=O) groups is 3. The van der Waals surface area contributed by atoms with E-state index in [0.717, 1.165) is 6.29 Å². The van der Waals surface area contributed by atoms with Gasteiger partial charge < -0.3 is 9.53 Å². The smallest absolute Gasteiger partial charge is 0.411 e. The van der Waals surface area contributed by atoms with E-state index in [1.807, 2.05) is 0 Å². The first kappa shape index (κ1) is 14.2. The zero-order valence-corrected chi connectivity index (χ0v) is 11.8. The van der Waals surface area contributed by atoms with Gasteiger partial charge in [-0.2, -0.15) is 0 Å². The van der Waals surface area contributed by atoms with Gasteiger partial charge in [0.1, 0.15) is 24.2 Å². The van der Waals surface area contributed by atoms with Gasteiger partial charge in [0.25, 0.3) is 0 Å². The van der Waals surface area contributed by atoms with Crippen molar-refractivity contribution in [2.75, 3.05) is 0 Å². The number of rotatable bonds is 2. The minimum Gasteiger partial charge on any atom is -0.444 e. The third-order valence-electron chi connectivity index (χ3n) is 3.12. The van der Waals surface area contributed by atoms with Gasteiger partial charge in [-0.3, -0.25) is 9.69 Å². The highest BCUT2D eigenvalue weighted by molar-refractivity contribution is 5.83. The Bertz CT molecular complexity index is 559. The fourth-order valence-corrected chi connectivity index (χ4v) is 2.28. The molecule has 0 N–H and O–H groups in total. The molecule has 0 radical (unpaired) electrons. The maximum atomic E-state index is 12.2. The number of carbonyl (C=O) groups excluding carboxylic acids is 3. The summed E-state index contributed by atoms with van der Waals surface area (Å²) >= 11 is 0. The molecule has 5 heteroatoms. The van der Waals surface area contributed by atoms with E-state index in [1.54, 1.807) is 39.0 Å². The Labute approximate surface area is 117 Å². The van der Waals surface area contributed by atoms with Crippen molar-refractivity contribution in [2.45, 2.75) is 39.0 Å². The molecule has 106 valence electrons. The van der Waals surface area contributed by atoms with Crippen LogP contribution in [0.4, 0.5) is 4.79 Å². The number of aldehydes is 2. The van der Waals surface area contributed by atoms with Gasteiger partial charge in [0, 0.05) is 5.56 Å². The van der Waals surface area contributed by atoms with Crippen molar-refractivity contribution in [3.8, 4) is 0 Å². The van der Waals surface area contributed by atoms with Crippen LogP contribution in [0.3, 0.4) is 0 Å². The number of fused-ring (bicyclic) bond motifs is 1. The fourth-order valence-electron chi connectivity index (χ4n) is 2.28. The molecule has 0 saturated heterocycles. The van der Waals surface area contributed by atoms with Crippen LogP contribution < -0.4 is 0 Å². The van der Waals surface area contributed by atoms with E-state index >= 15 is 0 Å². The molecule has 0 saturated carbocycles. The summed E-state index contributed by atoms with van der Waals surface area (Å²) < 4.78 is 5.30. The summed E-state index contributed by atoms with van der Waals surface area (Å²) in [5.74, 6) is 0. The molecule has 0 fully saturated rings. The van der Waals surface area contributed by atoms with Crippen LogP contribution in [0.25, 0.3) is 0 Å². The summed E-state index contributed by atoms with van der Waals surface area (Å²) in [5.41, 5.74) is 1.27. The summed E-state index contributed by atoms with van der Waals surface area (Å²) in [7, 11) is 0. The van der Waals surface area contributed by atoms with Crippen molar-refractivity contribution >= 4 is 18.7 Å². The van der Waals surface area contributed by atoms with Crippen LogP contribution in [0.1, 0.15) is 48.3 Å². The van der Waals surface area contributed by atoms with E-state index in [9.17, 15) is 14.4 Å². The molecule has 5 nitrogen and oxygen atoms in total. The molecular weight excluding hydrogens is 258 g/mol. The normalized spacial score (nSPS) is 17.6. The van der Waals surface area contributed by atoms with Crippen LogP contribution in [0.2, 0.25) is 0 Å². The standard InChI is InChI=1S/C15H17NO4/c1-15(2,3)20-14(19)16-7-12-10(8-17)5-4-6-11(12)13(16)9-18/h4-6,8-9,13H,7H2,1-3H3. The van der Waals surface area contributed by atoms with E-state index in [4.69, 9.17) is 4.74 Å². The predicted octanol–water partition coefficient (Wildman–Crippen LogP) is 2.49. The summed E-state index contributed by atoms with van der Waals surface area (Å²) in [5, 5.41) is 0. The zero-order chi connectivity index (χ0) is 14.9. The highest BCUT2D eigenvalue weighted by Gasteiger charge is 2.36. The SMILES string of the molecule is CC(C)(C)OC(=O)N1Cc2c(C=O)cccc2C1C=O. The predicted molar refractivity (Wildman–Crippen MR) is 72.4 cm³/mol. The van der Waals surface area contributed by atoms with Crippen LogP contribution in [-0.2, 0) is 16.1 Å². The van der Waals surface area contributed by atoms with Gasteiger partial charge in [-0.1, -0.05) is 18.2 Å². The van der Waals surface area contributed by atoms with Crippen LogP contribution in [0, 0.1) is 0 Å². The number of nitrogens with zero attached hydrogens (tertiary/aromatic N) is 1. The van der Waals surface area contributed by atoms with Crippen molar-refractivity contribution < 1.29 is 19.1 Å². The molecule has 0 spiro atoms. The molecular formula is C15H17NO4. The molecule has 1 amide bonds. The van der Waals surface area contributed by atoms with Gasteiger partial charge in [-0.25, -0.2) is 4.79 Å². The van der Waals surface area contributed by atoms with Crippen LogP contribution in [0.5, 0.6) is 0 Å². The molecule has 1 unspecified atom stereocenters. The Morgan fingerprint density at radius 1 is 1.35 bits per heavy atom. The monoisotopic (exact) mass is 275 g/mol. The highest BCUT2D eigenvalue weighted by atomic mass is 16.6. The molecule has 1 aliphatic rings. The number of benzene rings is 1. The van der Waals surface area contributed by atoms with Crippen molar-refractivity contribution in [1.82, 2.24) is 4.90 Å². The van der Waals surface area contributed by atoms with Crippen LogP contribution in [0.15, 0.2) is 18.2 Å². The quantitative estimate of drug-likeness (QED) is 0.778. The largest absolute Gasteiger partial charge is 0.444 e. The fraction of sp³-hybridized carbons (Fsp3) is 0.400. The van der Waals surface area contributed by atoms with Crippen LogP contribution >= 0.6 is 0 Å². The number of hydrogen-bond acceptors (Lipinski definition) is 4. The molecule has 1 aromatic carbocycles. The second kappa shape index (κ2) is 5.07. The van der Waals surface area contributed by atoms with Gasteiger partial charge in [0.05, 0.1) is 6.54 Å². The van der Waals surface area contributed by atoms with Gasteiger partial charge in [0.2, 0.25) is 0 Å². The molecule has 1 aliphatic heterocycles. The van der Waals surface area contributed by atoms with E-state index in [1.165, 1.54) is 4.90 Å². The maximum absolute atomic E-state index is 12.2.